The van der Waals surface area contributed by atoms with Gasteiger partial charge in [-0.3, -0.25) is 9.10 Å². The highest BCUT2D eigenvalue weighted by atomic mass is 32.2. The number of hydrogen-bond acceptors (Lipinski definition) is 5. The van der Waals surface area contributed by atoms with E-state index in [4.69, 9.17) is 4.74 Å². The van der Waals surface area contributed by atoms with Crippen molar-refractivity contribution in [2.45, 2.75) is 26.7 Å². The maximum Gasteiger partial charge on any atom is 0.338 e. The number of sulfonamides is 1. The van der Waals surface area contributed by atoms with Gasteiger partial charge in [0, 0.05) is 5.69 Å². The van der Waals surface area contributed by atoms with Crippen LogP contribution in [0.4, 0.5) is 11.4 Å². The summed E-state index contributed by atoms with van der Waals surface area (Å²) >= 11 is 0. The molecule has 0 spiro atoms. The summed E-state index contributed by atoms with van der Waals surface area (Å²) in [5.41, 5.74) is 2.59. The molecule has 0 aliphatic carbocycles. The Bertz CT molecular complexity index is 1020. The zero-order chi connectivity index (χ0) is 21.8. The number of rotatable bonds is 7. The summed E-state index contributed by atoms with van der Waals surface area (Å²) in [6.07, 6.45) is 1.07. The zero-order valence-corrected chi connectivity index (χ0v) is 18.0. The van der Waals surface area contributed by atoms with E-state index in [9.17, 15) is 18.0 Å². The number of esters is 1. The van der Waals surface area contributed by atoms with E-state index in [-0.39, 0.29) is 12.5 Å². The van der Waals surface area contributed by atoms with E-state index in [0.717, 1.165) is 16.1 Å². The van der Waals surface area contributed by atoms with Crippen molar-refractivity contribution in [3.05, 3.63) is 59.2 Å². The fourth-order valence-electron chi connectivity index (χ4n) is 3.01. The Morgan fingerprint density at radius 1 is 1.10 bits per heavy atom. The van der Waals surface area contributed by atoms with Crippen LogP contribution in [-0.4, -0.2) is 40.2 Å². The number of anilines is 2. The van der Waals surface area contributed by atoms with Crippen molar-refractivity contribution in [3.63, 3.8) is 0 Å². The van der Waals surface area contributed by atoms with Gasteiger partial charge in [0.1, 0.15) is 6.54 Å². The van der Waals surface area contributed by atoms with Gasteiger partial charge in [-0.1, -0.05) is 38.1 Å². The fraction of sp³-hybridized carbons (Fsp3) is 0.333. The van der Waals surface area contributed by atoms with Crippen LogP contribution >= 0.6 is 0 Å². The molecule has 0 saturated carbocycles. The number of benzene rings is 2. The van der Waals surface area contributed by atoms with Crippen LogP contribution in [0.25, 0.3) is 0 Å². The second-order valence-corrected chi connectivity index (χ2v) is 8.91. The van der Waals surface area contributed by atoms with Gasteiger partial charge in [0.15, 0.2) is 0 Å². The zero-order valence-electron chi connectivity index (χ0n) is 17.2. The Labute approximate surface area is 171 Å². The Morgan fingerprint density at radius 3 is 2.34 bits per heavy atom. The van der Waals surface area contributed by atoms with Gasteiger partial charge in [0.25, 0.3) is 0 Å². The summed E-state index contributed by atoms with van der Waals surface area (Å²) in [6, 6.07) is 12.0. The van der Waals surface area contributed by atoms with Crippen LogP contribution in [0.15, 0.2) is 42.5 Å². The smallest absolute Gasteiger partial charge is 0.338 e. The van der Waals surface area contributed by atoms with Crippen LogP contribution in [0, 0.1) is 6.92 Å². The number of carbonyl (C=O) groups excluding carboxylic acids is 2. The van der Waals surface area contributed by atoms with Crippen LogP contribution in [0.3, 0.4) is 0 Å². The lowest BCUT2D eigenvalue weighted by Crippen LogP contribution is -2.38. The van der Waals surface area contributed by atoms with Crippen LogP contribution in [0.1, 0.15) is 41.3 Å². The number of methoxy groups -OCH3 is 1. The minimum Gasteiger partial charge on any atom is -0.465 e. The maximum absolute atomic E-state index is 12.7. The summed E-state index contributed by atoms with van der Waals surface area (Å²) in [4.78, 5) is 24.5. The van der Waals surface area contributed by atoms with Crippen molar-refractivity contribution >= 4 is 33.3 Å². The minimum atomic E-state index is -3.70. The summed E-state index contributed by atoms with van der Waals surface area (Å²) in [5, 5.41) is 2.70. The number of nitrogens with one attached hydrogen (secondary N) is 1. The topological polar surface area (TPSA) is 92.8 Å². The summed E-state index contributed by atoms with van der Waals surface area (Å²) in [5.74, 6) is -0.946. The van der Waals surface area contributed by atoms with Crippen LogP contribution in [0.5, 0.6) is 0 Å². The molecule has 0 fully saturated rings. The number of para-hydroxylation sites is 1. The molecule has 1 amide bonds. The predicted octanol–water partition coefficient (Wildman–Crippen LogP) is 3.31. The second-order valence-electron chi connectivity index (χ2n) is 7.00. The van der Waals surface area contributed by atoms with Gasteiger partial charge in [-0.25, -0.2) is 13.2 Å². The molecule has 2 aromatic rings. The predicted molar refractivity (Wildman–Crippen MR) is 114 cm³/mol. The molecule has 0 aromatic heterocycles. The van der Waals surface area contributed by atoms with Crippen molar-refractivity contribution < 1.29 is 22.7 Å². The Balaban J connectivity index is 2.33. The average Bonchev–Trinajstić information content (AvgIpc) is 2.66. The van der Waals surface area contributed by atoms with Gasteiger partial charge < -0.3 is 10.1 Å². The van der Waals surface area contributed by atoms with E-state index < -0.39 is 21.9 Å². The molecule has 0 saturated heterocycles. The van der Waals surface area contributed by atoms with Gasteiger partial charge >= 0.3 is 5.97 Å². The molecule has 0 bridgehead atoms. The first kappa shape index (κ1) is 22.4. The summed E-state index contributed by atoms with van der Waals surface area (Å²) in [7, 11) is -2.42. The first-order chi connectivity index (χ1) is 13.6. The lowest BCUT2D eigenvalue weighted by Gasteiger charge is -2.25. The van der Waals surface area contributed by atoms with E-state index in [1.807, 2.05) is 26.0 Å². The number of ether oxygens (including phenoxy) is 1. The van der Waals surface area contributed by atoms with E-state index in [2.05, 4.69) is 5.32 Å². The standard InChI is InChI=1S/C21H26N2O5S/c1-14(2)16-9-6-7-12-19(16)23(29(5,26)27)13-20(24)22-18-11-8-10-17(15(18)3)21(25)28-4/h6-12,14H,13H2,1-5H3,(H,22,24). The first-order valence-corrected chi connectivity index (χ1v) is 11.0. The maximum atomic E-state index is 12.7. The number of hydrogen-bond donors (Lipinski definition) is 1. The van der Waals surface area contributed by atoms with Gasteiger partial charge in [0.2, 0.25) is 15.9 Å². The largest absolute Gasteiger partial charge is 0.465 e. The molecule has 0 radical (unpaired) electrons. The second kappa shape index (κ2) is 9.09. The van der Waals surface area contributed by atoms with E-state index in [0.29, 0.717) is 22.5 Å². The minimum absolute atomic E-state index is 0.0810. The van der Waals surface area contributed by atoms with E-state index in [1.54, 1.807) is 37.3 Å². The molecular formula is C21H26N2O5S. The van der Waals surface area contributed by atoms with Crippen LogP contribution < -0.4 is 9.62 Å². The Hall–Kier alpha value is -2.87. The monoisotopic (exact) mass is 418 g/mol. The van der Waals surface area contributed by atoms with Gasteiger partial charge in [-0.15, -0.1) is 0 Å². The number of amides is 1. The Kier molecular flexibility index (Phi) is 7.02. The SMILES string of the molecule is COC(=O)c1cccc(NC(=O)CN(c2ccccc2C(C)C)S(C)(=O)=O)c1C. The van der Waals surface area contributed by atoms with Crippen molar-refractivity contribution in [2.24, 2.45) is 0 Å². The summed E-state index contributed by atoms with van der Waals surface area (Å²) < 4.78 is 30.7. The van der Waals surface area contributed by atoms with Crippen molar-refractivity contribution in [2.75, 3.05) is 29.5 Å². The highest BCUT2D eigenvalue weighted by molar-refractivity contribution is 7.92. The molecular weight excluding hydrogens is 392 g/mol. The highest BCUT2D eigenvalue weighted by Crippen LogP contribution is 2.29. The molecule has 0 aliphatic heterocycles. The third kappa shape index (κ3) is 5.35. The van der Waals surface area contributed by atoms with Gasteiger partial charge in [-0.2, -0.15) is 0 Å². The molecule has 8 heteroatoms. The third-order valence-electron chi connectivity index (χ3n) is 4.53. The first-order valence-electron chi connectivity index (χ1n) is 9.10. The molecule has 1 N–H and O–H groups in total. The molecule has 0 unspecified atom stereocenters. The molecule has 156 valence electrons. The molecule has 7 nitrogen and oxygen atoms in total. The van der Waals surface area contributed by atoms with Crippen molar-refractivity contribution in [1.29, 1.82) is 0 Å². The molecule has 2 aromatic carbocycles. The fourth-order valence-corrected chi connectivity index (χ4v) is 3.88. The average molecular weight is 419 g/mol. The number of nitrogens with zero attached hydrogens (tertiary/aromatic N) is 1. The van der Waals surface area contributed by atoms with Crippen molar-refractivity contribution in [1.82, 2.24) is 0 Å². The molecule has 2 rings (SSSR count). The van der Waals surface area contributed by atoms with Gasteiger partial charge in [-0.05, 0) is 42.2 Å². The molecule has 0 heterocycles. The van der Waals surface area contributed by atoms with Gasteiger partial charge in [0.05, 0.1) is 24.6 Å². The van der Waals surface area contributed by atoms with E-state index in [1.165, 1.54) is 7.11 Å². The molecule has 29 heavy (non-hydrogen) atoms. The van der Waals surface area contributed by atoms with Crippen LogP contribution in [-0.2, 0) is 19.6 Å². The highest BCUT2D eigenvalue weighted by Gasteiger charge is 2.24. The molecule has 0 atom stereocenters. The Morgan fingerprint density at radius 2 is 1.76 bits per heavy atom. The lowest BCUT2D eigenvalue weighted by atomic mass is 10.0. The van der Waals surface area contributed by atoms with Crippen LogP contribution in [0.2, 0.25) is 0 Å². The lowest BCUT2D eigenvalue weighted by molar-refractivity contribution is -0.114. The third-order valence-corrected chi connectivity index (χ3v) is 5.65. The molecule has 0 aliphatic rings. The van der Waals surface area contributed by atoms with E-state index >= 15 is 0 Å². The number of carbonyl (C=O) groups is 2. The summed E-state index contributed by atoms with van der Waals surface area (Å²) in [6.45, 7) is 5.22. The quantitative estimate of drug-likeness (QED) is 0.697. The van der Waals surface area contributed by atoms with Crippen molar-refractivity contribution in [3.8, 4) is 0 Å². The normalized spacial score (nSPS) is 11.2.